The number of carbonyl (C=O) groups is 1. The Morgan fingerprint density at radius 2 is 2.19 bits per heavy atom. The quantitative estimate of drug-likeness (QED) is 0.800. The molecule has 4 heteroatoms. The van der Waals surface area contributed by atoms with Crippen LogP contribution in [-0.2, 0) is 4.84 Å². The maximum absolute atomic E-state index is 11.3. The summed E-state index contributed by atoms with van der Waals surface area (Å²) in [7, 11) is 0. The first-order chi connectivity index (χ1) is 7.61. The summed E-state index contributed by atoms with van der Waals surface area (Å²) < 4.78 is 0. The van der Waals surface area contributed by atoms with Crippen LogP contribution in [0.2, 0.25) is 0 Å². The lowest BCUT2D eigenvalue weighted by atomic mass is 9.93. The molecule has 0 saturated carbocycles. The fourth-order valence-electron chi connectivity index (χ4n) is 2.00. The van der Waals surface area contributed by atoms with Gasteiger partial charge in [-0.25, -0.2) is 0 Å². The molecule has 0 fully saturated rings. The maximum atomic E-state index is 11.3. The highest BCUT2D eigenvalue weighted by atomic mass is 32.1. The zero-order valence-corrected chi connectivity index (χ0v) is 10.2. The maximum Gasteiger partial charge on any atom is 0.216 e. The van der Waals surface area contributed by atoms with Gasteiger partial charge in [-0.1, -0.05) is 11.2 Å². The molecular formula is C12H13NO2S. The molecule has 1 aliphatic rings. The third kappa shape index (κ3) is 1.85. The summed E-state index contributed by atoms with van der Waals surface area (Å²) in [5, 5.41) is 3.80. The standard InChI is InChI=1S/C12H13NO2S/c1-7-3-4-9(12(14)16)8(2)11(7)10-5-6-15-13-10/h3-4H,5-6H2,1-2H3,(H,14,16). The highest BCUT2D eigenvalue weighted by molar-refractivity contribution is 7.97. The van der Waals surface area contributed by atoms with Crippen molar-refractivity contribution in [2.24, 2.45) is 5.16 Å². The number of nitrogens with zero attached hydrogens (tertiary/aromatic N) is 1. The summed E-state index contributed by atoms with van der Waals surface area (Å²) in [5.74, 6) is 0. The second-order valence-corrected chi connectivity index (χ2v) is 4.26. The lowest BCUT2D eigenvalue weighted by Crippen LogP contribution is -2.07. The minimum absolute atomic E-state index is 0.210. The van der Waals surface area contributed by atoms with Gasteiger partial charge < -0.3 is 4.84 Å². The summed E-state index contributed by atoms with van der Waals surface area (Å²) >= 11 is 3.87. The molecule has 3 nitrogen and oxygen atoms in total. The Bertz CT molecular complexity index is 480. The van der Waals surface area contributed by atoms with Crippen LogP contribution in [0.4, 0.5) is 0 Å². The van der Waals surface area contributed by atoms with Crippen molar-refractivity contribution in [3.63, 3.8) is 0 Å². The lowest BCUT2D eigenvalue weighted by molar-refractivity contribution is 0.109. The fourth-order valence-corrected chi connectivity index (χ4v) is 2.25. The number of rotatable bonds is 2. The molecule has 1 aliphatic heterocycles. The molecule has 1 aromatic carbocycles. The van der Waals surface area contributed by atoms with E-state index >= 15 is 0 Å². The van der Waals surface area contributed by atoms with Crippen LogP contribution in [0.15, 0.2) is 17.3 Å². The first-order valence-electron chi connectivity index (χ1n) is 5.14. The summed E-state index contributed by atoms with van der Waals surface area (Å²) in [4.78, 5) is 16.3. The molecule has 0 unspecified atom stereocenters. The molecule has 84 valence electrons. The minimum atomic E-state index is -0.210. The largest absolute Gasteiger partial charge is 0.395 e. The smallest absolute Gasteiger partial charge is 0.216 e. The fraction of sp³-hybridized carbons (Fsp3) is 0.333. The van der Waals surface area contributed by atoms with Gasteiger partial charge in [-0.15, -0.1) is 12.6 Å². The number of oxime groups is 1. The lowest BCUT2D eigenvalue weighted by Gasteiger charge is -2.11. The topological polar surface area (TPSA) is 38.7 Å². The Labute approximate surface area is 99.9 Å². The Balaban J connectivity index is 2.59. The minimum Gasteiger partial charge on any atom is -0.395 e. The second kappa shape index (κ2) is 4.29. The third-order valence-corrected chi connectivity index (χ3v) is 3.04. The van der Waals surface area contributed by atoms with E-state index in [0.717, 1.165) is 28.8 Å². The van der Waals surface area contributed by atoms with E-state index in [1.807, 2.05) is 19.9 Å². The van der Waals surface area contributed by atoms with Crippen LogP contribution >= 0.6 is 12.6 Å². The molecule has 0 bridgehead atoms. The number of hydrogen-bond acceptors (Lipinski definition) is 3. The molecule has 0 N–H and O–H groups in total. The van der Waals surface area contributed by atoms with E-state index in [1.165, 1.54) is 0 Å². The molecule has 0 spiro atoms. The zero-order chi connectivity index (χ0) is 11.7. The number of aryl methyl sites for hydroxylation is 1. The number of hydrogen-bond donors (Lipinski definition) is 1. The SMILES string of the molecule is Cc1ccc(C(=O)S)c(C)c1C1=NOCC1. The van der Waals surface area contributed by atoms with Gasteiger partial charge in [0.05, 0.1) is 5.71 Å². The van der Waals surface area contributed by atoms with Crippen molar-refractivity contribution >= 4 is 23.5 Å². The highest BCUT2D eigenvalue weighted by Crippen LogP contribution is 2.23. The van der Waals surface area contributed by atoms with Gasteiger partial charge in [-0.05, 0) is 31.0 Å². The van der Waals surface area contributed by atoms with Crippen molar-refractivity contribution in [3.05, 3.63) is 34.4 Å². The van der Waals surface area contributed by atoms with Crippen LogP contribution in [0.1, 0.15) is 33.5 Å². The number of thiol groups is 1. The van der Waals surface area contributed by atoms with Crippen molar-refractivity contribution in [2.45, 2.75) is 20.3 Å². The number of benzene rings is 1. The summed E-state index contributed by atoms with van der Waals surface area (Å²) in [6.45, 7) is 4.55. The van der Waals surface area contributed by atoms with Gasteiger partial charge in [0.2, 0.25) is 5.12 Å². The van der Waals surface area contributed by atoms with Crippen LogP contribution in [-0.4, -0.2) is 17.4 Å². The normalized spacial score (nSPS) is 14.6. The van der Waals surface area contributed by atoms with E-state index in [0.29, 0.717) is 12.2 Å². The average Bonchev–Trinajstić information content (AvgIpc) is 2.70. The van der Waals surface area contributed by atoms with Crippen LogP contribution in [0.5, 0.6) is 0 Å². The molecule has 16 heavy (non-hydrogen) atoms. The van der Waals surface area contributed by atoms with Gasteiger partial charge in [0, 0.05) is 17.5 Å². The molecule has 0 radical (unpaired) electrons. The highest BCUT2D eigenvalue weighted by Gasteiger charge is 2.18. The van der Waals surface area contributed by atoms with E-state index in [4.69, 9.17) is 4.84 Å². The third-order valence-electron chi connectivity index (χ3n) is 2.80. The summed E-state index contributed by atoms with van der Waals surface area (Å²) in [5.41, 5.74) is 4.63. The molecular weight excluding hydrogens is 222 g/mol. The van der Waals surface area contributed by atoms with Gasteiger partial charge in [-0.2, -0.15) is 0 Å². The average molecular weight is 235 g/mol. The Morgan fingerprint density at radius 3 is 2.75 bits per heavy atom. The van der Waals surface area contributed by atoms with Crippen molar-refractivity contribution in [2.75, 3.05) is 6.61 Å². The van der Waals surface area contributed by atoms with Crippen molar-refractivity contribution in [1.29, 1.82) is 0 Å². The van der Waals surface area contributed by atoms with E-state index in [1.54, 1.807) is 6.07 Å². The van der Waals surface area contributed by atoms with Crippen LogP contribution in [0, 0.1) is 13.8 Å². The molecule has 0 aliphatic carbocycles. The van der Waals surface area contributed by atoms with Crippen molar-refractivity contribution in [3.8, 4) is 0 Å². The van der Waals surface area contributed by atoms with E-state index in [-0.39, 0.29) is 5.12 Å². The van der Waals surface area contributed by atoms with Gasteiger partial charge in [-0.3, -0.25) is 4.79 Å². The van der Waals surface area contributed by atoms with Crippen LogP contribution in [0.25, 0.3) is 0 Å². The predicted molar refractivity (Wildman–Crippen MR) is 66.3 cm³/mol. The predicted octanol–water partition coefficient (Wildman–Crippen LogP) is 2.50. The van der Waals surface area contributed by atoms with E-state index in [9.17, 15) is 4.79 Å². The van der Waals surface area contributed by atoms with Gasteiger partial charge in [0.25, 0.3) is 0 Å². The van der Waals surface area contributed by atoms with E-state index in [2.05, 4.69) is 17.8 Å². The molecule has 1 heterocycles. The van der Waals surface area contributed by atoms with Gasteiger partial charge in [0.1, 0.15) is 6.61 Å². The van der Waals surface area contributed by atoms with Crippen LogP contribution in [0.3, 0.4) is 0 Å². The van der Waals surface area contributed by atoms with Crippen LogP contribution < -0.4 is 0 Å². The van der Waals surface area contributed by atoms with E-state index < -0.39 is 0 Å². The van der Waals surface area contributed by atoms with Crippen molar-refractivity contribution in [1.82, 2.24) is 0 Å². The van der Waals surface area contributed by atoms with Gasteiger partial charge in [0.15, 0.2) is 0 Å². The Morgan fingerprint density at radius 1 is 1.44 bits per heavy atom. The first-order valence-corrected chi connectivity index (χ1v) is 5.58. The number of carbonyl (C=O) groups excluding carboxylic acids is 1. The second-order valence-electron chi connectivity index (χ2n) is 3.86. The summed E-state index contributed by atoms with van der Waals surface area (Å²) in [6, 6.07) is 3.73. The Hall–Kier alpha value is -1.29. The molecule has 0 atom stereocenters. The van der Waals surface area contributed by atoms with Gasteiger partial charge >= 0.3 is 0 Å². The monoisotopic (exact) mass is 235 g/mol. The summed E-state index contributed by atoms with van der Waals surface area (Å²) in [6.07, 6.45) is 0.798. The Kier molecular flexibility index (Phi) is 3.01. The molecule has 2 rings (SSSR count). The molecule has 1 aromatic rings. The van der Waals surface area contributed by atoms with Crippen molar-refractivity contribution < 1.29 is 9.63 Å². The molecule has 0 amide bonds. The molecule has 0 aromatic heterocycles. The first kappa shape index (κ1) is 11.2. The zero-order valence-electron chi connectivity index (χ0n) is 9.28. The molecule has 0 saturated heterocycles.